The van der Waals surface area contributed by atoms with E-state index in [-0.39, 0.29) is 5.92 Å². The molecule has 21 heavy (non-hydrogen) atoms. The Balaban J connectivity index is 2.08. The smallest absolute Gasteiger partial charge is 0.210 e. The van der Waals surface area contributed by atoms with Crippen molar-refractivity contribution in [1.82, 2.24) is 10.2 Å². The highest BCUT2D eigenvalue weighted by molar-refractivity contribution is 8.01. The van der Waals surface area contributed by atoms with Gasteiger partial charge in [-0.25, -0.2) is 0 Å². The molecular weight excluding hydrogens is 300 g/mol. The molecule has 0 unspecified atom stereocenters. The zero-order valence-corrected chi connectivity index (χ0v) is 14.0. The van der Waals surface area contributed by atoms with Gasteiger partial charge in [0.05, 0.1) is 12.0 Å². The van der Waals surface area contributed by atoms with Gasteiger partial charge in [0, 0.05) is 11.4 Å². The average molecular weight is 318 g/mol. The molecule has 0 aliphatic heterocycles. The molecule has 4 nitrogen and oxygen atoms in total. The molecule has 2 aromatic rings. The van der Waals surface area contributed by atoms with Crippen molar-refractivity contribution in [3.05, 3.63) is 29.3 Å². The van der Waals surface area contributed by atoms with E-state index in [2.05, 4.69) is 53.6 Å². The predicted molar refractivity (Wildman–Crippen MR) is 89.2 cm³/mol. The Kier molecular flexibility index (Phi) is 5.59. The Morgan fingerprint density at radius 3 is 2.95 bits per heavy atom. The van der Waals surface area contributed by atoms with Gasteiger partial charge in [-0.2, -0.15) is 5.26 Å². The molecule has 1 N–H and O–H groups in total. The van der Waals surface area contributed by atoms with E-state index in [4.69, 9.17) is 5.26 Å². The zero-order valence-electron chi connectivity index (χ0n) is 12.4. The molecule has 0 bridgehead atoms. The third-order valence-electron chi connectivity index (χ3n) is 3.06. The molecule has 1 aromatic carbocycles. The lowest BCUT2D eigenvalue weighted by molar-refractivity contribution is 0.862. The molecule has 0 saturated heterocycles. The number of hydrogen-bond donors (Lipinski definition) is 1. The molecule has 1 aromatic heterocycles. The molecular formula is C15H18N4S2. The molecule has 0 aliphatic rings. The number of nitrogens with one attached hydrogen (secondary N) is 1. The van der Waals surface area contributed by atoms with Crippen molar-refractivity contribution in [2.45, 2.75) is 31.5 Å². The number of hydrogen-bond acceptors (Lipinski definition) is 6. The summed E-state index contributed by atoms with van der Waals surface area (Å²) in [6, 6.07) is 8.51. The van der Waals surface area contributed by atoms with Crippen LogP contribution in [-0.4, -0.2) is 16.0 Å². The number of anilines is 2. The topological polar surface area (TPSA) is 61.6 Å². The summed E-state index contributed by atoms with van der Waals surface area (Å²) < 4.78 is 0.895. The summed E-state index contributed by atoms with van der Waals surface area (Å²) >= 11 is 3.11. The van der Waals surface area contributed by atoms with E-state index < -0.39 is 0 Å². The van der Waals surface area contributed by atoms with E-state index in [0.29, 0.717) is 0 Å². The maximum Gasteiger partial charge on any atom is 0.210 e. The molecule has 0 radical (unpaired) electrons. The van der Waals surface area contributed by atoms with Crippen LogP contribution in [0.25, 0.3) is 0 Å². The van der Waals surface area contributed by atoms with Crippen LogP contribution < -0.4 is 5.32 Å². The number of nitriles is 1. The minimum atomic E-state index is 0.0263. The van der Waals surface area contributed by atoms with Crippen molar-refractivity contribution in [1.29, 1.82) is 5.26 Å². The SMILES string of the molecule is CCc1cccc(C)c1Nc1nnc(SC[C@H](C)C#N)s1. The standard InChI is InChI=1S/C15H18N4S2/c1-4-12-7-5-6-11(3)13(12)17-14-18-19-15(21-14)20-9-10(2)8-16/h5-7,10H,4,9H2,1-3H3,(H,17,18)/t10-/m1/s1. The molecule has 110 valence electrons. The van der Waals surface area contributed by atoms with Gasteiger partial charge in [0.2, 0.25) is 5.13 Å². The van der Waals surface area contributed by atoms with Gasteiger partial charge in [0.15, 0.2) is 4.34 Å². The minimum Gasteiger partial charge on any atom is -0.330 e. The van der Waals surface area contributed by atoms with E-state index >= 15 is 0 Å². The first-order valence-electron chi connectivity index (χ1n) is 6.85. The van der Waals surface area contributed by atoms with Crippen LogP contribution in [0.3, 0.4) is 0 Å². The predicted octanol–water partition coefficient (Wildman–Crippen LogP) is 4.40. The Hall–Kier alpha value is -1.58. The van der Waals surface area contributed by atoms with Crippen molar-refractivity contribution in [3.63, 3.8) is 0 Å². The van der Waals surface area contributed by atoms with Gasteiger partial charge in [-0.05, 0) is 31.4 Å². The molecule has 0 fully saturated rings. The first-order valence-corrected chi connectivity index (χ1v) is 8.65. The molecule has 0 aliphatic carbocycles. The number of aryl methyl sites for hydroxylation is 2. The Morgan fingerprint density at radius 1 is 1.43 bits per heavy atom. The highest BCUT2D eigenvalue weighted by Gasteiger charge is 2.10. The van der Waals surface area contributed by atoms with Gasteiger partial charge < -0.3 is 5.32 Å². The number of benzene rings is 1. The van der Waals surface area contributed by atoms with Crippen molar-refractivity contribution in [2.75, 3.05) is 11.1 Å². The van der Waals surface area contributed by atoms with Crippen LogP contribution >= 0.6 is 23.1 Å². The summed E-state index contributed by atoms with van der Waals surface area (Å²) in [4.78, 5) is 0. The number of thioether (sulfide) groups is 1. The highest BCUT2D eigenvalue weighted by atomic mass is 32.2. The fraction of sp³-hybridized carbons (Fsp3) is 0.400. The van der Waals surface area contributed by atoms with Crippen molar-refractivity contribution >= 4 is 33.9 Å². The first-order chi connectivity index (χ1) is 10.1. The number of para-hydroxylation sites is 1. The van der Waals surface area contributed by atoms with Gasteiger partial charge in [0.25, 0.3) is 0 Å². The molecule has 0 amide bonds. The summed E-state index contributed by atoms with van der Waals surface area (Å²) in [7, 11) is 0. The van der Waals surface area contributed by atoms with E-state index in [1.165, 1.54) is 22.5 Å². The van der Waals surface area contributed by atoms with E-state index in [1.54, 1.807) is 11.8 Å². The normalized spacial score (nSPS) is 11.9. The van der Waals surface area contributed by atoms with Crippen molar-refractivity contribution in [3.8, 4) is 6.07 Å². The Morgan fingerprint density at radius 2 is 2.24 bits per heavy atom. The van der Waals surface area contributed by atoms with Gasteiger partial charge in [-0.1, -0.05) is 48.2 Å². The van der Waals surface area contributed by atoms with Crippen LogP contribution in [0.4, 0.5) is 10.8 Å². The Labute approximate surface area is 133 Å². The maximum absolute atomic E-state index is 8.79. The largest absolute Gasteiger partial charge is 0.330 e. The monoisotopic (exact) mass is 318 g/mol. The third-order valence-corrected chi connectivity index (χ3v) is 5.29. The highest BCUT2D eigenvalue weighted by Crippen LogP contribution is 2.31. The van der Waals surface area contributed by atoms with E-state index in [9.17, 15) is 0 Å². The van der Waals surface area contributed by atoms with Crippen molar-refractivity contribution in [2.24, 2.45) is 5.92 Å². The van der Waals surface area contributed by atoms with Crippen LogP contribution in [0.15, 0.2) is 22.5 Å². The summed E-state index contributed by atoms with van der Waals surface area (Å²) in [5.41, 5.74) is 3.60. The maximum atomic E-state index is 8.79. The van der Waals surface area contributed by atoms with Crippen LogP contribution in [-0.2, 0) is 6.42 Å². The number of aromatic nitrogens is 2. The lowest BCUT2D eigenvalue weighted by atomic mass is 10.1. The third kappa shape index (κ3) is 4.19. The Bertz CT molecular complexity index is 645. The van der Waals surface area contributed by atoms with Crippen LogP contribution in [0, 0.1) is 24.2 Å². The summed E-state index contributed by atoms with van der Waals surface area (Å²) in [5.74, 6) is 0.772. The quantitative estimate of drug-likeness (QED) is 0.800. The average Bonchev–Trinajstić information content (AvgIpc) is 2.94. The molecule has 0 spiro atoms. The van der Waals surface area contributed by atoms with Crippen LogP contribution in [0.2, 0.25) is 0 Å². The zero-order chi connectivity index (χ0) is 15.2. The second kappa shape index (κ2) is 7.43. The summed E-state index contributed by atoms with van der Waals surface area (Å²) in [5, 5.41) is 21.3. The molecule has 1 heterocycles. The minimum absolute atomic E-state index is 0.0263. The molecule has 1 atom stereocenters. The molecule has 0 saturated carbocycles. The molecule has 2 rings (SSSR count). The lowest BCUT2D eigenvalue weighted by Crippen LogP contribution is -1.97. The molecule has 6 heteroatoms. The number of rotatable bonds is 6. The summed E-state index contributed by atoms with van der Waals surface area (Å²) in [6.45, 7) is 6.14. The van der Waals surface area contributed by atoms with Crippen LogP contribution in [0.1, 0.15) is 25.0 Å². The number of nitrogens with zero attached hydrogens (tertiary/aromatic N) is 3. The van der Waals surface area contributed by atoms with Crippen LogP contribution in [0.5, 0.6) is 0 Å². The van der Waals surface area contributed by atoms with Gasteiger partial charge in [0.1, 0.15) is 0 Å². The van der Waals surface area contributed by atoms with Gasteiger partial charge >= 0.3 is 0 Å². The van der Waals surface area contributed by atoms with E-state index in [1.807, 2.05) is 6.92 Å². The second-order valence-corrected chi connectivity index (χ2v) is 7.05. The van der Waals surface area contributed by atoms with Crippen molar-refractivity contribution < 1.29 is 0 Å². The van der Waals surface area contributed by atoms with Gasteiger partial charge in [-0.15, -0.1) is 10.2 Å². The second-order valence-electron chi connectivity index (χ2n) is 4.80. The fourth-order valence-electron chi connectivity index (χ4n) is 1.86. The lowest BCUT2D eigenvalue weighted by Gasteiger charge is -2.11. The van der Waals surface area contributed by atoms with Gasteiger partial charge in [-0.3, -0.25) is 0 Å². The fourth-order valence-corrected chi connectivity index (χ4v) is 3.59. The van der Waals surface area contributed by atoms with E-state index in [0.717, 1.165) is 27.3 Å². The summed E-state index contributed by atoms with van der Waals surface area (Å²) in [6.07, 6.45) is 0.976. The first kappa shape index (κ1) is 15.8.